The van der Waals surface area contributed by atoms with Crippen LogP contribution in [0.4, 0.5) is 5.82 Å². The molecule has 1 amide bonds. The molecule has 4 unspecified atom stereocenters. The molecule has 1 saturated carbocycles. The summed E-state index contributed by atoms with van der Waals surface area (Å²) in [6, 6.07) is -0.715. The van der Waals surface area contributed by atoms with Crippen LogP contribution in [0.25, 0.3) is 11.0 Å². The number of aliphatic hydroxyl groups is 3. The average Bonchev–Trinajstić information content (AvgIpc) is 2.83. The Balaban J connectivity index is 2.29. The normalized spacial score (nSPS) is 26.8. The van der Waals surface area contributed by atoms with Gasteiger partial charge in [0, 0.05) is 18.7 Å². The van der Waals surface area contributed by atoms with Crippen molar-refractivity contribution in [1.29, 1.82) is 0 Å². The molecule has 1 fully saturated rings. The average molecular weight is 335 g/mol. The minimum absolute atomic E-state index is 0.0806. The molecule has 10 nitrogen and oxygen atoms in total. The minimum Gasteiger partial charge on any atom is -0.396 e. The van der Waals surface area contributed by atoms with Crippen molar-refractivity contribution in [1.82, 2.24) is 14.5 Å². The molecule has 1 aliphatic rings. The molecule has 128 valence electrons. The van der Waals surface area contributed by atoms with Gasteiger partial charge in [-0.1, -0.05) is 0 Å². The number of carbonyl (C=O) groups excluding carboxylic acids is 1. The Kier molecular flexibility index (Phi) is 3.95. The second-order valence-electron chi connectivity index (χ2n) is 5.83. The lowest BCUT2D eigenvalue weighted by atomic mass is 10.1. The van der Waals surface area contributed by atoms with Crippen molar-refractivity contribution in [2.45, 2.75) is 24.7 Å². The number of pyridine rings is 1. The summed E-state index contributed by atoms with van der Waals surface area (Å²) in [6.45, 7) is -0.313. The molecular weight excluding hydrogens is 318 g/mol. The Morgan fingerprint density at radius 1 is 1.33 bits per heavy atom. The largest absolute Gasteiger partial charge is 0.396 e. The SMILES string of the molecule is NC(=O)c1cn(C2CC(CO)C(O)C2O)c2ncnc(N)c2c1=O. The summed E-state index contributed by atoms with van der Waals surface area (Å²) in [5, 5.41) is 29.5. The predicted octanol–water partition coefficient (Wildman–Crippen LogP) is -2.25. The smallest absolute Gasteiger partial charge is 0.254 e. The zero-order chi connectivity index (χ0) is 17.6. The zero-order valence-corrected chi connectivity index (χ0v) is 12.5. The first-order chi connectivity index (χ1) is 11.4. The Morgan fingerprint density at radius 3 is 2.62 bits per heavy atom. The minimum atomic E-state index is -1.22. The van der Waals surface area contributed by atoms with E-state index in [1.807, 2.05) is 0 Å². The van der Waals surface area contributed by atoms with Gasteiger partial charge >= 0.3 is 0 Å². The molecule has 2 aromatic rings. The fraction of sp³-hybridized carbons (Fsp3) is 0.429. The topological polar surface area (TPSA) is 178 Å². The monoisotopic (exact) mass is 335 g/mol. The maximum Gasteiger partial charge on any atom is 0.254 e. The number of nitrogens with two attached hydrogens (primary N) is 2. The summed E-state index contributed by atoms with van der Waals surface area (Å²) in [4.78, 5) is 31.8. The maximum atomic E-state index is 12.4. The first-order valence-electron chi connectivity index (χ1n) is 7.29. The standard InChI is InChI=1S/C14H17N5O5/c15-12-8-10(22)6(13(16)24)2-19(14(8)18-4-17-12)7-1-5(3-20)9(21)11(7)23/h2,4-5,7,9,11,20-21,23H,1,3H2,(H2,16,24)(H2,15,17,18). The van der Waals surface area contributed by atoms with E-state index >= 15 is 0 Å². The number of amides is 1. The van der Waals surface area contributed by atoms with Crippen LogP contribution in [0, 0.1) is 5.92 Å². The number of anilines is 1. The fourth-order valence-corrected chi connectivity index (χ4v) is 3.18. The van der Waals surface area contributed by atoms with Gasteiger partial charge in [-0.05, 0) is 6.42 Å². The van der Waals surface area contributed by atoms with Gasteiger partial charge in [-0.2, -0.15) is 0 Å². The van der Waals surface area contributed by atoms with Crippen molar-refractivity contribution in [2.24, 2.45) is 11.7 Å². The van der Waals surface area contributed by atoms with E-state index < -0.39 is 35.5 Å². The lowest BCUT2D eigenvalue weighted by molar-refractivity contribution is -0.00372. The van der Waals surface area contributed by atoms with E-state index in [0.29, 0.717) is 0 Å². The third-order valence-corrected chi connectivity index (χ3v) is 4.47. The predicted molar refractivity (Wildman–Crippen MR) is 83.0 cm³/mol. The van der Waals surface area contributed by atoms with Crippen molar-refractivity contribution < 1.29 is 20.1 Å². The molecule has 0 bridgehead atoms. The third-order valence-electron chi connectivity index (χ3n) is 4.47. The number of carbonyl (C=O) groups is 1. The molecule has 2 heterocycles. The molecule has 2 aromatic heterocycles. The number of nitrogen functional groups attached to an aromatic ring is 1. The number of primary amides is 1. The van der Waals surface area contributed by atoms with E-state index in [-0.39, 0.29) is 35.4 Å². The first kappa shape index (κ1) is 16.3. The van der Waals surface area contributed by atoms with Crippen molar-refractivity contribution in [3.05, 3.63) is 28.3 Å². The highest BCUT2D eigenvalue weighted by Crippen LogP contribution is 2.36. The highest BCUT2D eigenvalue weighted by Gasteiger charge is 2.42. The summed E-state index contributed by atoms with van der Waals surface area (Å²) in [6.07, 6.45) is 0.202. The summed E-state index contributed by atoms with van der Waals surface area (Å²) in [5.41, 5.74) is 10.1. The lowest BCUT2D eigenvalue weighted by Gasteiger charge is -2.22. The molecule has 4 atom stereocenters. The van der Waals surface area contributed by atoms with Crippen LogP contribution in [0.5, 0.6) is 0 Å². The van der Waals surface area contributed by atoms with Crippen molar-refractivity contribution in [3.8, 4) is 0 Å². The van der Waals surface area contributed by atoms with E-state index in [4.69, 9.17) is 11.5 Å². The van der Waals surface area contributed by atoms with Crippen LogP contribution in [-0.2, 0) is 0 Å². The molecule has 0 saturated heterocycles. The van der Waals surface area contributed by atoms with Crippen LogP contribution in [0.3, 0.4) is 0 Å². The van der Waals surface area contributed by atoms with Gasteiger partial charge < -0.3 is 31.4 Å². The summed E-state index contributed by atoms with van der Waals surface area (Å²) in [7, 11) is 0. The molecule has 0 radical (unpaired) electrons. The number of fused-ring (bicyclic) bond motifs is 1. The van der Waals surface area contributed by atoms with Crippen LogP contribution in [0.1, 0.15) is 22.8 Å². The molecule has 7 N–H and O–H groups in total. The molecule has 24 heavy (non-hydrogen) atoms. The Bertz CT molecular complexity index is 866. The number of aliphatic hydroxyl groups excluding tert-OH is 3. The second kappa shape index (κ2) is 5.82. The van der Waals surface area contributed by atoms with Crippen molar-refractivity contribution >= 4 is 22.8 Å². The molecule has 0 spiro atoms. The molecule has 0 aromatic carbocycles. The first-order valence-corrected chi connectivity index (χ1v) is 7.29. The Labute approximate surface area is 135 Å². The van der Waals surface area contributed by atoms with Crippen LogP contribution in [0.2, 0.25) is 0 Å². The van der Waals surface area contributed by atoms with Gasteiger partial charge in [0.25, 0.3) is 5.91 Å². The van der Waals surface area contributed by atoms with E-state index in [0.717, 1.165) is 6.33 Å². The Hall–Kier alpha value is -2.56. The second-order valence-corrected chi connectivity index (χ2v) is 5.83. The van der Waals surface area contributed by atoms with Gasteiger partial charge in [0.2, 0.25) is 5.43 Å². The van der Waals surface area contributed by atoms with Crippen LogP contribution in [0.15, 0.2) is 17.3 Å². The van der Waals surface area contributed by atoms with Gasteiger partial charge in [0.05, 0.1) is 12.1 Å². The van der Waals surface area contributed by atoms with Gasteiger partial charge in [0.15, 0.2) is 0 Å². The van der Waals surface area contributed by atoms with Crippen LogP contribution >= 0.6 is 0 Å². The van der Waals surface area contributed by atoms with Gasteiger partial charge in [0.1, 0.15) is 34.8 Å². The highest BCUT2D eigenvalue weighted by atomic mass is 16.3. The van der Waals surface area contributed by atoms with E-state index in [2.05, 4.69) is 9.97 Å². The third kappa shape index (κ3) is 2.31. The number of hydrogen-bond donors (Lipinski definition) is 5. The van der Waals surface area contributed by atoms with Gasteiger partial charge in [-0.25, -0.2) is 9.97 Å². The zero-order valence-electron chi connectivity index (χ0n) is 12.5. The molecule has 0 aliphatic heterocycles. The number of rotatable bonds is 3. The summed E-state index contributed by atoms with van der Waals surface area (Å²) in [5.74, 6) is -1.62. The quantitative estimate of drug-likeness (QED) is 0.417. The number of aromatic nitrogens is 3. The molecule has 1 aliphatic carbocycles. The molecule has 3 rings (SSSR count). The molecular formula is C14H17N5O5. The lowest BCUT2D eigenvalue weighted by Crippen LogP contribution is -2.32. The van der Waals surface area contributed by atoms with Crippen molar-refractivity contribution in [3.63, 3.8) is 0 Å². The number of nitrogens with zero attached hydrogens (tertiary/aromatic N) is 3. The van der Waals surface area contributed by atoms with Gasteiger partial charge in [-0.15, -0.1) is 0 Å². The van der Waals surface area contributed by atoms with Crippen LogP contribution in [-0.4, -0.2) is 54.6 Å². The molecule has 10 heteroatoms. The van der Waals surface area contributed by atoms with Crippen LogP contribution < -0.4 is 16.9 Å². The summed E-state index contributed by atoms with van der Waals surface area (Å²) >= 11 is 0. The van der Waals surface area contributed by atoms with E-state index in [9.17, 15) is 24.9 Å². The Morgan fingerprint density at radius 2 is 2.04 bits per heavy atom. The summed E-state index contributed by atoms with van der Waals surface area (Å²) < 4.78 is 1.39. The highest BCUT2D eigenvalue weighted by molar-refractivity contribution is 5.97. The van der Waals surface area contributed by atoms with E-state index in [1.165, 1.54) is 10.8 Å². The van der Waals surface area contributed by atoms with Crippen molar-refractivity contribution in [2.75, 3.05) is 12.3 Å². The fourth-order valence-electron chi connectivity index (χ4n) is 3.18. The van der Waals surface area contributed by atoms with E-state index in [1.54, 1.807) is 0 Å². The maximum absolute atomic E-state index is 12.4. The number of hydrogen-bond acceptors (Lipinski definition) is 8. The van der Waals surface area contributed by atoms with Gasteiger partial charge in [-0.3, -0.25) is 9.59 Å².